The molecule has 1 aliphatic rings. The van der Waals surface area contributed by atoms with Crippen molar-refractivity contribution in [2.75, 3.05) is 19.6 Å². The van der Waals surface area contributed by atoms with Crippen LogP contribution in [0, 0.1) is 5.92 Å². The maximum absolute atomic E-state index is 12.2. The molecular weight excluding hydrogens is 400 g/mol. The van der Waals surface area contributed by atoms with Crippen LogP contribution in [0.1, 0.15) is 38.5 Å². The highest BCUT2D eigenvalue weighted by atomic mass is 79.9. The Labute approximate surface area is 155 Å². The molecule has 0 aliphatic carbocycles. The third-order valence-electron chi connectivity index (χ3n) is 3.60. The van der Waals surface area contributed by atoms with Crippen LogP contribution in [0.5, 0.6) is 0 Å². The maximum atomic E-state index is 12.2. The van der Waals surface area contributed by atoms with Crippen molar-refractivity contribution in [1.29, 1.82) is 0 Å². The number of likely N-dealkylation sites (tertiary alicyclic amines) is 1. The summed E-state index contributed by atoms with van der Waals surface area (Å²) in [5.41, 5.74) is -0.436. The van der Waals surface area contributed by atoms with Crippen LogP contribution in [0.4, 0.5) is 4.79 Å². The van der Waals surface area contributed by atoms with E-state index in [-0.39, 0.29) is 6.09 Å². The smallest absolute Gasteiger partial charge is 0.410 e. The Balaban J connectivity index is 1.76. The summed E-state index contributed by atoms with van der Waals surface area (Å²) in [6.45, 7) is 8.95. The lowest BCUT2D eigenvalue weighted by Gasteiger charge is -2.34. The third kappa shape index (κ3) is 6.25. The summed E-state index contributed by atoms with van der Waals surface area (Å²) in [6.07, 6.45) is 1.97. The van der Waals surface area contributed by atoms with Gasteiger partial charge in [-0.1, -0.05) is 11.6 Å². The molecule has 1 aromatic heterocycles. The topological polar surface area (TPSA) is 41.6 Å². The SMILES string of the molecule is CC(C)(C)OC(=O)N1CCCC(CNCc2cc(Br)c(Cl)s2)C1. The van der Waals surface area contributed by atoms with Crippen molar-refractivity contribution in [2.24, 2.45) is 5.92 Å². The summed E-state index contributed by atoms with van der Waals surface area (Å²) in [5, 5.41) is 3.47. The maximum Gasteiger partial charge on any atom is 0.410 e. The van der Waals surface area contributed by atoms with Gasteiger partial charge in [0.05, 0.1) is 0 Å². The Bertz CT molecular complexity index is 525. The summed E-state index contributed by atoms with van der Waals surface area (Å²) in [5.74, 6) is 0.468. The van der Waals surface area contributed by atoms with E-state index in [9.17, 15) is 4.79 Å². The van der Waals surface area contributed by atoms with Crippen molar-refractivity contribution in [3.63, 3.8) is 0 Å². The first kappa shape index (κ1) is 19.0. The lowest BCUT2D eigenvalue weighted by Crippen LogP contribution is -2.44. The number of hydrogen-bond donors (Lipinski definition) is 1. The summed E-state index contributed by atoms with van der Waals surface area (Å²) in [7, 11) is 0. The standard InChI is InChI=1S/C16H24BrClN2O2S/c1-16(2,3)22-15(21)20-6-4-5-11(10-20)8-19-9-12-7-13(17)14(18)23-12/h7,11,19H,4-6,8-10H2,1-3H3. The Kier molecular flexibility index (Phi) is 6.77. The van der Waals surface area contributed by atoms with Gasteiger partial charge in [-0.15, -0.1) is 11.3 Å². The van der Waals surface area contributed by atoms with Crippen LogP contribution < -0.4 is 5.32 Å². The number of nitrogens with zero attached hydrogens (tertiary/aromatic N) is 1. The highest BCUT2D eigenvalue weighted by Gasteiger charge is 2.27. The average Bonchev–Trinajstić information content (AvgIpc) is 2.76. The fraction of sp³-hybridized carbons (Fsp3) is 0.688. The van der Waals surface area contributed by atoms with Gasteiger partial charge >= 0.3 is 6.09 Å². The van der Waals surface area contributed by atoms with E-state index in [2.05, 4.69) is 21.2 Å². The molecule has 0 spiro atoms. The predicted octanol–water partition coefficient (Wildman–Crippen LogP) is 4.90. The number of ether oxygens (including phenoxy) is 1. The van der Waals surface area contributed by atoms with Gasteiger partial charge < -0.3 is 15.0 Å². The zero-order chi connectivity index (χ0) is 17.0. The summed E-state index contributed by atoms with van der Waals surface area (Å²) >= 11 is 11.1. The zero-order valence-electron chi connectivity index (χ0n) is 13.8. The summed E-state index contributed by atoms with van der Waals surface area (Å²) in [6, 6.07) is 2.05. The van der Waals surface area contributed by atoms with Crippen LogP contribution in [0.25, 0.3) is 0 Å². The van der Waals surface area contributed by atoms with Crippen molar-refractivity contribution in [3.05, 3.63) is 19.8 Å². The lowest BCUT2D eigenvalue weighted by molar-refractivity contribution is 0.0166. The quantitative estimate of drug-likeness (QED) is 0.749. The Morgan fingerprint density at radius 1 is 1.57 bits per heavy atom. The van der Waals surface area contributed by atoms with Gasteiger partial charge in [0.15, 0.2) is 0 Å². The Hall–Kier alpha value is -0.300. The number of thiophene rings is 1. The second kappa shape index (κ2) is 8.19. The minimum Gasteiger partial charge on any atom is -0.444 e. The first-order chi connectivity index (χ1) is 10.7. The van der Waals surface area contributed by atoms with Crippen molar-refractivity contribution in [1.82, 2.24) is 10.2 Å². The van der Waals surface area contributed by atoms with Crippen molar-refractivity contribution in [2.45, 2.75) is 45.8 Å². The van der Waals surface area contributed by atoms with E-state index < -0.39 is 5.60 Å². The Morgan fingerprint density at radius 3 is 2.91 bits per heavy atom. The van der Waals surface area contributed by atoms with E-state index in [0.29, 0.717) is 5.92 Å². The molecule has 130 valence electrons. The second-order valence-corrected chi connectivity index (χ2v) is 9.49. The summed E-state index contributed by atoms with van der Waals surface area (Å²) < 4.78 is 7.20. The molecule has 2 heterocycles. The van der Waals surface area contributed by atoms with Gasteiger partial charge in [-0.25, -0.2) is 4.79 Å². The van der Waals surface area contributed by atoms with E-state index in [0.717, 1.165) is 47.8 Å². The van der Waals surface area contributed by atoms with Crippen LogP contribution >= 0.6 is 38.9 Å². The van der Waals surface area contributed by atoms with Gasteiger partial charge in [-0.05, 0) is 68.1 Å². The third-order valence-corrected chi connectivity index (χ3v) is 6.07. The number of rotatable bonds is 4. The molecule has 0 aromatic carbocycles. The van der Waals surface area contributed by atoms with E-state index in [1.807, 2.05) is 31.7 Å². The number of carbonyl (C=O) groups excluding carboxylic acids is 1. The number of halogens is 2. The number of amides is 1. The molecule has 1 unspecified atom stereocenters. The van der Waals surface area contributed by atoms with Gasteiger partial charge in [-0.3, -0.25) is 0 Å². The molecule has 0 radical (unpaired) electrons. The molecule has 4 nitrogen and oxygen atoms in total. The van der Waals surface area contributed by atoms with Crippen LogP contribution in [-0.2, 0) is 11.3 Å². The van der Waals surface area contributed by atoms with Gasteiger partial charge in [0.1, 0.15) is 9.94 Å². The van der Waals surface area contributed by atoms with Crippen LogP contribution in [-0.4, -0.2) is 36.2 Å². The van der Waals surface area contributed by atoms with Gasteiger partial charge in [0, 0.05) is 29.0 Å². The highest BCUT2D eigenvalue weighted by molar-refractivity contribution is 9.10. The van der Waals surface area contributed by atoms with E-state index >= 15 is 0 Å². The first-order valence-electron chi connectivity index (χ1n) is 7.87. The lowest BCUT2D eigenvalue weighted by atomic mass is 9.98. The minimum atomic E-state index is -0.436. The molecule has 1 atom stereocenters. The number of piperidine rings is 1. The molecular formula is C16H24BrClN2O2S. The first-order valence-corrected chi connectivity index (χ1v) is 9.85. The van der Waals surface area contributed by atoms with Crippen molar-refractivity contribution >= 4 is 45.0 Å². The number of carbonyl (C=O) groups is 1. The van der Waals surface area contributed by atoms with Crippen LogP contribution in [0.2, 0.25) is 4.34 Å². The van der Waals surface area contributed by atoms with E-state index in [4.69, 9.17) is 16.3 Å². The van der Waals surface area contributed by atoms with Crippen molar-refractivity contribution in [3.8, 4) is 0 Å². The highest BCUT2D eigenvalue weighted by Crippen LogP contribution is 2.31. The molecule has 23 heavy (non-hydrogen) atoms. The van der Waals surface area contributed by atoms with Crippen LogP contribution in [0.3, 0.4) is 0 Å². The minimum absolute atomic E-state index is 0.198. The monoisotopic (exact) mass is 422 g/mol. The second-order valence-electron chi connectivity index (χ2n) is 6.90. The van der Waals surface area contributed by atoms with E-state index in [1.165, 1.54) is 4.88 Å². The van der Waals surface area contributed by atoms with Crippen molar-refractivity contribution < 1.29 is 9.53 Å². The normalized spacial score (nSPS) is 19.0. The molecule has 7 heteroatoms. The fourth-order valence-corrected chi connectivity index (χ4v) is 4.36. The predicted molar refractivity (Wildman–Crippen MR) is 99.3 cm³/mol. The molecule has 1 saturated heterocycles. The molecule has 1 aliphatic heterocycles. The van der Waals surface area contributed by atoms with Gasteiger partial charge in [0.2, 0.25) is 0 Å². The largest absolute Gasteiger partial charge is 0.444 e. The van der Waals surface area contributed by atoms with Gasteiger partial charge in [-0.2, -0.15) is 0 Å². The molecule has 0 bridgehead atoms. The molecule has 1 amide bonds. The fourth-order valence-electron chi connectivity index (χ4n) is 2.60. The van der Waals surface area contributed by atoms with Crippen LogP contribution in [0.15, 0.2) is 10.5 Å². The molecule has 2 rings (SSSR count). The van der Waals surface area contributed by atoms with E-state index in [1.54, 1.807) is 11.3 Å². The Morgan fingerprint density at radius 2 is 2.30 bits per heavy atom. The molecule has 1 N–H and O–H groups in total. The molecule has 1 aromatic rings. The number of nitrogens with one attached hydrogen (secondary N) is 1. The molecule has 0 saturated carbocycles. The van der Waals surface area contributed by atoms with Gasteiger partial charge in [0.25, 0.3) is 0 Å². The average molecular weight is 424 g/mol. The zero-order valence-corrected chi connectivity index (χ0v) is 17.0. The number of hydrogen-bond acceptors (Lipinski definition) is 4. The summed E-state index contributed by atoms with van der Waals surface area (Å²) in [4.78, 5) is 15.2. The molecule has 1 fully saturated rings.